The maximum atomic E-state index is 5.77. The molecule has 0 aliphatic carbocycles. The van der Waals surface area contributed by atoms with Gasteiger partial charge in [-0.1, -0.05) is 11.6 Å². The van der Waals surface area contributed by atoms with E-state index in [0.29, 0.717) is 24.2 Å². The van der Waals surface area contributed by atoms with Crippen LogP contribution in [0.5, 0.6) is 0 Å². The van der Waals surface area contributed by atoms with Gasteiger partial charge in [-0.2, -0.15) is 0 Å². The van der Waals surface area contributed by atoms with Gasteiger partial charge in [0.2, 0.25) is 5.95 Å². The molecule has 1 atom stereocenters. The van der Waals surface area contributed by atoms with Crippen molar-refractivity contribution in [3.8, 4) is 0 Å². The maximum absolute atomic E-state index is 5.77. The molecule has 1 aliphatic heterocycles. The van der Waals surface area contributed by atoms with Gasteiger partial charge in [0, 0.05) is 13.1 Å². The molecule has 5 nitrogen and oxygen atoms in total. The highest BCUT2D eigenvalue weighted by Crippen LogP contribution is 2.15. The van der Waals surface area contributed by atoms with Gasteiger partial charge >= 0.3 is 0 Å². The fraction of sp³-hybridized carbons (Fsp3) is 0.600. The van der Waals surface area contributed by atoms with Crippen molar-refractivity contribution in [3.63, 3.8) is 0 Å². The van der Waals surface area contributed by atoms with Gasteiger partial charge in [0.15, 0.2) is 0 Å². The molecule has 2 rings (SSSR count). The number of nitrogens with zero attached hydrogens (tertiary/aromatic N) is 3. The first kappa shape index (κ1) is 11.6. The number of ether oxygens (including phenoxy) is 1. The maximum Gasteiger partial charge on any atom is 0.225 e. The van der Waals surface area contributed by atoms with Gasteiger partial charge in [0.1, 0.15) is 0 Å². The van der Waals surface area contributed by atoms with Crippen LogP contribution in [0.1, 0.15) is 0 Å². The van der Waals surface area contributed by atoms with Crippen LogP contribution < -0.4 is 10.2 Å². The molecule has 1 aromatic rings. The zero-order valence-corrected chi connectivity index (χ0v) is 9.94. The molecule has 1 aromatic heterocycles. The lowest BCUT2D eigenvalue weighted by atomic mass is 10.2. The van der Waals surface area contributed by atoms with E-state index >= 15 is 0 Å². The van der Waals surface area contributed by atoms with E-state index in [4.69, 9.17) is 16.3 Å². The SMILES string of the molecule is CNCC1COCCN1c1ncc(Cl)cn1. The second-order valence-electron chi connectivity index (χ2n) is 3.68. The monoisotopic (exact) mass is 242 g/mol. The molecule has 0 bridgehead atoms. The van der Waals surface area contributed by atoms with Gasteiger partial charge in [-0.3, -0.25) is 0 Å². The Hall–Kier alpha value is -0.910. The van der Waals surface area contributed by atoms with Gasteiger partial charge < -0.3 is 15.0 Å². The molecule has 0 saturated carbocycles. The van der Waals surface area contributed by atoms with E-state index in [1.54, 1.807) is 12.4 Å². The molecule has 1 unspecified atom stereocenters. The Morgan fingerprint density at radius 2 is 2.31 bits per heavy atom. The Morgan fingerprint density at radius 1 is 1.56 bits per heavy atom. The molecule has 88 valence electrons. The Kier molecular flexibility index (Phi) is 3.93. The minimum atomic E-state index is 0.278. The molecule has 1 fully saturated rings. The van der Waals surface area contributed by atoms with E-state index in [1.165, 1.54) is 0 Å². The average Bonchev–Trinajstić information content (AvgIpc) is 2.32. The van der Waals surface area contributed by atoms with E-state index in [9.17, 15) is 0 Å². The molecule has 6 heteroatoms. The van der Waals surface area contributed by atoms with E-state index in [2.05, 4.69) is 20.2 Å². The highest BCUT2D eigenvalue weighted by Gasteiger charge is 2.24. The predicted octanol–water partition coefficient (Wildman–Crippen LogP) is 0.555. The highest BCUT2D eigenvalue weighted by molar-refractivity contribution is 6.30. The summed E-state index contributed by atoms with van der Waals surface area (Å²) in [5.41, 5.74) is 0. The number of likely N-dealkylation sites (N-methyl/N-ethyl adjacent to an activating group) is 1. The molecule has 1 N–H and O–H groups in total. The molecule has 16 heavy (non-hydrogen) atoms. The fourth-order valence-corrected chi connectivity index (χ4v) is 1.87. The Bertz CT molecular complexity index is 330. The van der Waals surface area contributed by atoms with Crippen LogP contribution in [-0.4, -0.2) is 49.4 Å². The summed E-state index contributed by atoms with van der Waals surface area (Å²) >= 11 is 5.77. The molecular weight excluding hydrogens is 228 g/mol. The van der Waals surface area contributed by atoms with Gasteiger partial charge in [0.25, 0.3) is 0 Å². The van der Waals surface area contributed by atoms with Crippen LogP contribution in [0, 0.1) is 0 Å². The summed E-state index contributed by atoms with van der Waals surface area (Å²) in [4.78, 5) is 10.6. The van der Waals surface area contributed by atoms with Crippen LogP contribution in [-0.2, 0) is 4.74 Å². The molecule has 0 spiro atoms. The van der Waals surface area contributed by atoms with Crippen LogP contribution in [0.4, 0.5) is 5.95 Å². The lowest BCUT2D eigenvalue weighted by molar-refractivity contribution is 0.0934. The Morgan fingerprint density at radius 3 is 3.00 bits per heavy atom. The number of nitrogens with one attached hydrogen (secondary N) is 1. The van der Waals surface area contributed by atoms with Crippen LogP contribution in [0.25, 0.3) is 0 Å². The average molecular weight is 243 g/mol. The summed E-state index contributed by atoms with van der Waals surface area (Å²) < 4.78 is 5.45. The first-order valence-electron chi connectivity index (χ1n) is 5.28. The van der Waals surface area contributed by atoms with E-state index in [-0.39, 0.29) is 6.04 Å². The van der Waals surface area contributed by atoms with Crippen LogP contribution in [0.3, 0.4) is 0 Å². The third kappa shape index (κ3) is 2.61. The summed E-state index contributed by atoms with van der Waals surface area (Å²) in [6.45, 7) is 3.08. The number of aromatic nitrogens is 2. The normalized spacial score (nSPS) is 21.1. The second-order valence-corrected chi connectivity index (χ2v) is 4.12. The topological polar surface area (TPSA) is 50.3 Å². The lowest BCUT2D eigenvalue weighted by Crippen LogP contribution is -2.50. The number of halogens is 1. The molecule has 1 aliphatic rings. The number of rotatable bonds is 3. The van der Waals surface area contributed by atoms with Crippen LogP contribution in [0.15, 0.2) is 12.4 Å². The molecule has 0 aromatic carbocycles. The van der Waals surface area contributed by atoms with E-state index in [1.807, 2.05) is 7.05 Å². The van der Waals surface area contributed by atoms with Crippen LogP contribution >= 0.6 is 11.6 Å². The highest BCUT2D eigenvalue weighted by atomic mass is 35.5. The summed E-state index contributed by atoms with van der Waals surface area (Å²) in [5.74, 6) is 0.716. The number of anilines is 1. The largest absolute Gasteiger partial charge is 0.377 e. The Labute approximate surface area is 99.8 Å². The number of morpholine rings is 1. The fourth-order valence-electron chi connectivity index (χ4n) is 1.78. The van der Waals surface area contributed by atoms with Gasteiger partial charge in [-0.15, -0.1) is 0 Å². The predicted molar refractivity (Wildman–Crippen MR) is 62.9 cm³/mol. The first-order valence-corrected chi connectivity index (χ1v) is 5.65. The van der Waals surface area contributed by atoms with Crippen molar-refractivity contribution in [2.45, 2.75) is 6.04 Å². The van der Waals surface area contributed by atoms with Crippen molar-refractivity contribution < 1.29 is 4.74 Å². The standard InChI is InChI=1S/C10H15ClN4O/c1-12-6-9-7-16-3-2-15(9)10-13-4-8(11)5-14-10/h4-5,9,12H,2-3,6-7H2,1H3. The van der Waals surface area contributed by atoms with Gasteiger partial charge in [-0.05, 0) is 7.05 Å². The van der Waals surface area contributed by atoms with Gasteiger partial charge in [0.05, 0.1) is 36.7 Å². The van der Waals surface area contributed by atoms with Crippen molar-refractivity contribution in [2.24, 2.45) is 0 Å². The minimum Gasteiger partial charge on any atom is -0.377 e. The van der Waals surface area contributed by atoms with Crippen molar-refractivity contribution in [1.29, 1.82) is 0 Å². The van der Waals surface area contributed by atoms with Crippen molar-refractivity contribution in [2.75, 3.05) is 38.3 Å². The number of hydrogen-bond acceptors (Lipinski definition) is 5. The third-order valence-electron chi connectivity index (χ3n) is 2.53. The first-order chi connectivity index (χ1) is 7.81. The summed E-state index contributed by atoms with van der Waals surface area (Å²) in [5, 5.41) is 3.70. The van der Waals surface area contributed by atoms with E-state index in [0.717, 1.165) is 13.1 Å². The molecule has 2 heterocycles. The van der Waals surface area contributed by atoms with Gasteiger partial charge in [-0.25, -0.2) is 9.97 Å². The van der Waals surface area contributed by atoms with Crippen molar-refractivity contribution >= 4 is 17.5 Å². The third-order valence-corrected chi connectivity index (χ3v) is 2.73. The zero-order valence-electron chi connectivity index (χ0n) is 9.19. The summed E-state index contributed by atoms with van der Waals surface area (Å²) in [6, 6.07) is 0.278. The minimum absolute atomic E-state index is 0.278. The second kappa shape index (κ2) is 5.43. The Balaban J connectivity index is 2.13. The van der Waals surface area contributed by atoms with E-state index < -0.39 is 0 Å². The molecule has 1 saturated heterocycles. The number of hydrogen-bond donors (Lipinski definition) is 1. The van der Waals surface area contributed by atoms with Crippen molar-refractivity contribution in [3.05, 3.63) is 17.4 Å². The quantitative estimate of drug-likeness (QED) is 0.839. The molecule has 0 amide bonds. The smallest absolute Gasteiger partial charge is 0.225 e. The lowest BCUT2D eigenvalue weighted by Gasteiger charge is -2.35. The molecule has 0 radical (unpaired) electrons. The van der Waals surface area contributed by atoms with Crippen LogP contribution in [0.2, 0.25) is 5.02 Å². The zero-order chi connectivity index (χ0) is 11.4. The summed E-state index contributed by atoms with van der Waals surface area (Å²) in [6.07, 6.45) is 3.24. The summed E-state index contributed by atoms with van der Waals surface area (Å²) in [7, 11) is 1.93. The molecular formula is C10H15ClN4O. The van der Waals surface area contributed by atoms with Crippen molar-refractivity contribution in [1.82, 2.24) is 15.3 Å².